The van der Waals surface area contributed by atoms with Gasteiger partial charge in [0, 0.05) is 5.56 Å². The predicted octanol–water partition coefficient (Wildman–Crippen LogP) is 0.483. The van der Waals surface area contributed by atoms with Crippen molar-refractivity contribution in [1.82, 2.24) is 5.32 Å². The smallest absolute Gasteiger partial charge is 0.241 e. The quantitative estimate of drug-likeness (QED) is 0.339. The molecule has 0 heterocycles. The second-order valence-corrected chi connectivity index (χ2v) is 3.56. The third-order valence-corrected chi connectivity index (χ3v) is 2.38. The van der Waals surface area contributed by atoms with Gasteiger partial charge in [-0.2, -0.15) is 12.6 Å². The van der Waals surface area contributed by atoms with E-state index in [2.05, 4.69) is 17.9 Å². The van der Waals surface area contributed by atoms with Crippen molar-refractivity contribution in [3.8, 4) is 0 Å². The first kappa shape index (κ1) is 12.4. The summed E-state index contributed by atoms with van der Waals surface area (Å²) in [6.07, 6.45) is 0.547. The van der Waals surface area contributed by atoms with Crippen LogP contribution < -0.4 is 5.32 Å². The fourth-order valence-corrected chi connectivity index (χ4v) is 1.36. The van der Waals surface area contributed by atoms with Crippen LogP contribution in [0.15, 0.2) is 30.3 Å². The first-order valence-electron chi connectivity index (χ1n) is 4.65. The van der Waals surface area contributed by atoms with Crippen molar-refractivity contribution in [3.05, 3.63) is 35.9 Å². The van der Waals surface area contributed by atoms with Crippen LogP contribution in [-0.4, -0.2) is 29.8 Å². The minimum absolute atomic E-state index is 0.113. The standard InChI is InChI=1S/C11H11NO3S/c13-7-6-12-11(15)10(16)9(14)8-4-2-1-3-5-8/h1-5,7,10,16H,6H2,(H,12,15)/t10-/m0/s1. The SMILES string of the molecule is O=CCNC(=O)[C@@H](S)C(=O)c1ccccc1. The summed E-state index contributed by atoms with van der Waals surface area (Å²) in [5.74, 6) is -0.948. The highest BCUT2D eigenvalue weighted by Crippen LogP contribution is 2.07. The summed E-state index contributed by atoms with van der Waals surface area (Å²) in [5, 5.41) is 1.20. The van der Waals surface area contributed by atoms with Gasteiger partial charge in [-0.25, -0.2) is 0 Å². The molecule has 5 heteroatoms. The van der Waals surface area contributed by atoms with Crippen LogP contribution in [0.3, 0.4) is 0 Å². The molecule has 84 valence electrons. The molecule has 4 nitrogen and oxygen atoms in total. The van der Waals surface area contributed by atoms with Crippen molar-refractivity contribution >= 4 is 30.6 Å². The van der Waals surface area contributed by atoms with E-state index in [-0.39, 0.29) is 12.3 Å². The van der Waals surface area contributed by atoms with Gasteiger partial charge in [-0.15, -0.1) is 0 Å². The number of amides is 1. The first-order chi connectivity index (χ1) is 7.66. The summed E-state index contributed by atoms with van der Waals surface area (Å²) in [4.78, 5) is 33.1. The van der Waals surface area contributed by atoms with Crippen LogP contribution in [0.1, 0.15) is 10.4 Å². The number of thiol groups is 1. The molecule has 0 unspecified atom stereocenters. The number of carbonyl (C=O) groups excluding carboxylic acids is 3. The number of aldehydes is 1. The summed E-state index contributed by atoms with van der Waals surface area (Å²) in [6, 6.07) is 8.40. The van der Waals surface area contributed by atoms with Gasteiger partial charge in [-0.3, -0.25) is 9.59 Å². The second-order valence-electron chi connectivity index (χ2n) is 3.04. The maximum atomic E-state index is 11.7. The molecule has 1 rings (SSSR count). The molecule has 0 radical (unpaired) electrons. The van der Waals surface area contributed by atoms with Crippen LogP contribution in [0.4, 0.5) is 0 Å². The van der Waals surface area contributed by atoms with Crippen LogP contribution in [0, 0.1) is 0 Å². The highest BCUT2D eigenvalue weighted by atomic mass is 32.1. The normalized spacial score (nSPS) is 11.6. The number of carbonyl (C=O) groups is 3. The Kier molecular flexibility index (Phi) is 4.72. The molecular weight excluding hydrogens is 226 g/mol. The minimum Gasteiger partial charge on any atom is -0.348 e. The van der Waals surface area contributed by atoms with Gasteiger partial charge in [0.15, 0.2) is 5.78 Å². The zero-order valence-corrected chi connectivity index (χ0v) is 9.31. The summed E-state index contributed by atoms with van der Waals surface area (Å²) < 4.78 is 0. The fraction of sp³-hybridized carbons (Fsp3) is 0.182. The van der Waals surface area contributed by atoms with E-state index in [4.69, 9.17) is 0 Å². The summed E-state index contributed by atoms with van der Waals surface area (Å²) in [6.45, 7) is -0.113. The van der Waals surface area contributed by atoms with Crippen LogP contribution in [-0.2, 0) is 9.59 Å². The number of Topliss-reactive ketones (excluding diaryl/α,β-unsaturated/α-hetero) is 1. The van der Waals surface area contributed by atoms with E-state index in [0.29, 0.717) is 11.8 Å². The van der Waals surface area contributed by atoms with Crippen molar-refractivity contribution in [1.29, 1.82) is 0 Å². The lowest BCUT2D eigenvalue weighted by molar-refractivity contribution is -0.121. The van der Waals surface area contributed by atoms with E-state index in [1.165, 1.54) is 0 Å². The monoisotopic (exact) mass is 237 g/mol. The Morgan fingerprint density at radius 1 is 1.31 bits per heavy atom. The molecule has 1 atom stereocenters. The highest BCUT2D eigenvalue weighted by molar-refractivity contribution is 7.82. The first-order valence-corrected chi connectivity index (χ1v) is 5.17. The van der Waals surface area contributed by atoms with E-state index >= 15 is 0 Å². The van der Waals surface area contributed by atoms with Crippen molar-refractivity contribution < 1.29 is 14.4 Å². The van der Waals surface area contributed by atoms with Gasteiger partial charge in [-0.1, -0.05) is 30.3 Å². The number of ketones is 1. The van der Waals surface area contributed by atoms with Crippen molar-refractivity contribution in [3.63, 3.8) is 0 Å². The van der Waals surface area contributed by atoms with Gasteiger partial charge in [0.05, 0.1) is 6.54 Å². The van der Waals surface area contributed by atoms with Gasteiger partial charge < -0.3 is 10.1 Å². The van der Waals surface area contributed by atoms with Crippen molar-refractivity contribution in [2.75, 3.05) is 6.54 Å². The molecular formula is C11H11NO3S. The molecule has 1 amide bonds. The molecule has 1 aromatic carbocycles. The molecule has 1 aromatic rings. The predicted molar refractivity (Wildman–Crippen MR) is 62.6 cm³/mol. The third kappa shape index (κ3) is 3.20. The molecule has 0 bridgehead atoms. The number of benzene rings is 1. The lowest BCUT2D eigenvalue weighted by Crippen LogP contribution is -2.37. The largest absolute Gasteiger partial charge is 0.348 e. The number of rotatable bonds is 5. The van der Waals surface area contributed by atoms with Gasteiger partial charge in [0.2, 0.25) is 5.91 Å². The van der Waals surface area contributed by atoms with Crippen LogP contribution in [0.25, 0.3) is 0 Å². The Balaban J connectivity index is 2.67. The summed E-state index contributed by atoms with van der Waals surface area (Å²) >= 11 is 3.93. The average molecular weight is 237 g/mol. The van der Waals surface area contributed by atoms with Crippen molar-refractivity contribution in [2.24, 2.45) is 0 Å². The highest BCUT2D eigenvalue weighted by Gasteiger charge is 2.22. The van der Waals surface area contributed by atoms with Crippen LogP contribution >= 0.6 is 12.6 Å². The molecule has 0 fully saturated rings. The zero-order valence-electron chi connectivity index (χ0n) is 8.42. The van der Waals surface area contributed by atoms with Gasteiger partial charge in [0.1, 0.15) is 11.5 Å². The molecule has 0 saturated carbocycles. The number of hydrogen-bond donors (Lipinski definition) is 2. The van der Waals surface area contributed by atoms with E-state index < -0.39 is 11.2 Å². The fourth-order valence-electron chi connectivity index (χ4n) is 1.12. The summed E-state index contributed by atoms with van der Waals surface area (Å²) in [5.41, 5.74) is 0.420. The molecule has 0 aromatic heterocycles. The molecule has 0 spiro atoms. The van der Waals surface area contributed by atoms with Crippen LogP contribution in [0.2, 0.25) is 0 Å². The molecule has 0 aliphatic rings. The minimum atomic E-state index is -1.08. The van der Waals surface area contributed by atoms with E-state index in [1.54, 1.807) is 30.3 Å². The zero-order chi connectivity index (χ0) is 12.0. The van der Waals surface area contributed by atoms with Crippen LogP contribution in [0.5, 0.6) is 0 Å². The third-order valence-electron chi connectivity index (χ3n) is 1.91. The van der Waals surface area contributed by atoms with Gasteiger partial charge in [-0.05, 0) is 0 Å². The Bertz CT molecular complexity index is 391. The molecule has 0 aliphatic carbocycles. The van der Waals surface area contributed by atoms with Gasteiger partial charge >= 0.3 is 0 Å². The number of hydrogen-bond acceptors (Lipinski definition) is 4. The maximum absolute atomic E-state index is 11.7. The summed E-state index contributed by atoms with van der Waals surface area (Å²) in [7, 11) is 0. The lowest BCUT2D eigenvalue weighted by atomic mass is 10.1. The molecule has 16 heavy (non-hydrogen) atoms. The molecule has 0 saturated heterocycles. The number of nitrogens with one attached hydrogen (secondary N) is 1. The van der Waals surface area contributed by atoms with Gasteiger partial charge in [0.25, 0.3) is 0 Å². The Hall–Kier alpha value is -1.62. The molecule has 0 aliphatic heterocycles. The van der Waals surface area contributed by atoms with E-state index in [0.717, 1.165) is 0 Å². The van der Waals surface area contributed by atoms with Crippen molar-refractivity contribution in [2.45, 2.75) is 5.25 Å². The average Bonchev–Trinajstić information content (AvgIpc) is 2.35. The second kappa shape index (κ2) is 6.07. The Morgan fingerprint density at radius 3 is 2.50 bits per heavy atom. The maximum Gasteiger partial charge on any atom is 0.241 e. The lowest BCUT2D eigenvalue weighted by Gasteiger charge is -2.08. The Morgan fingerprint density at radius 2 is 1.94 bits per heavy atom. The Labute approximate surface area is 98.4 Å². The van der Waals surface area contributed by atoms with E-state index in [9.17, 15) is 14.4 Å². The van der Waals surface area contributed by atoms with E-state index in [1.807, 2.05) is 0 Å². The molecule has 1 N–H and O–H groups in total. The topological polar surface area (TPSA) is 63.2 Å².